The zero-order valence-electron chi connectivity index (χ0n) is 10.4. The van der Waals surface area contributed by atoms with E-state index < -0.39 is 0 Å². The largest absolute Gasteiger partial charge is 0.383 e. The van der Waals surface area contributed by atoms with Crippen LogP contribution in [0.25, 0.3) is 10.9 Å². The van der Waals surface area contributed by atoms with Crippen LogP contribution in [0.2, 0.25) is 0 Å². The topological polar surface area (TPSA) is 98.1 Å². The minimum absolute atomic E-state index is 0.00475. The first kappa shape index (κ1) is 11.9. The van der Waals surface area contributed by atoms with E-state index in [0.29, 0.717) is 31.3 Å². The van der Waals surface area contributed by atoms with Gasteiger partial charge < -0.3 is 11.5 Å². The Morgan fingerprint density at radius 1 is 1.32 bits per heavy atom. The van der Waals surface area contributed by atoms with Gasteiger partial charge in [0, 0.05) is 18.4 Å². The van der Waals surface area contributed by atoms with Gasteiger partial charge in [-0.25, -0.2) is 4.98 Å². The highest BCUT2D eigenvalue weighted by atomic mass is 16.2. The van der Waals surface area contributed by atoms with Gasteiger partial charge >= 0.3 is 0 Å². The molecule has 1 amide bonds. The van der Waals surface area contributed by atoms with Crippen LogP contribution in [0.5, 0.6) is 0 Å². The van der Waals surface area contributed by atoms with Gasteiger partial charge in [-0.1, -0.05) is 12.1 Å². The van der Waals surface area contributed by atoms with Crippen molar-refractivity contribution < 1.29 is 4.79 Å². The first-order valence-electron chi connectivity index (χ1n) is 6.21. The van der Waals surface area contributed by atoms with E-state index in [4.69, 9.17) is 11.5 Å². The maximum atomic E-state index is 11.9. The predicted octanol–water partition coefficient (Wildman–Crippen LogP) is 0.524. The number of nitrogen functional groups attached to an aromatic ring is 1. The van der Waals surface area contributed by atoms with Crippen LogP contribution >= 0.6 is 0 Å². The zero-order chi connectivity index (χ0) is 13.4. The highest BCUT2D eigenvalue weighted by molar-refractivity contribution is 5.96. The molecule has 1 atom stereocenters. The Bertz CT molecular complexity index is 642. The summed E-state index contributed by atoms with van der Waals surface area (Å²) in [5.41, 5.74) is 12.3. The molecule has 1 saturated heterocycles. The molecular weight excluding hydrogens is 242 g/mol. The van der Waals surface area contributed by atoms with E-state index in [2.05, 4.69) is 9.97 Å². The Balaban J connectivity index is 2.04. The molecule has 0 spiro atoms. The number of nitrogens with two attached hydrogens (primary N) is 2. The third kappa shape index (κ3) is 2.00. The Kier molecular flexibility index (Phi) is 2.79. The van der Waals surface area contributed by atoms with Gasteiger partial charge in [0.2, 0.25) is 11.9 Å². The predicted molar refractivity (Wildman–Crippen MR) is 73.5 cm³/mol. The molecule has 1 aromatic heterocycles. The summed E-state index contributed by atoms with van der Waals surface area (Å²) in [5.74, 6) is 0.940. The molecule has 2 heterocycles. The van der Waals surface area contributed by atoms with Gasteiger partial charge in [-0.2, -0.15) is 4.98 Å². The third-order valence-corrected chi connectivity index (χ3v) is 3.40. The summed E-state index contributed by atoms with van der Waals surface area (Å²) in [7, 11) is 0. The SMILES string of the molecule is NCC1CC(=O)N(c2nc(N)c3ccccc3n2)C1. The number of para-hydroxylation sites is 1. The van der Waals surface area contributed by atoms with E-state index in [1.54, 1.807) is 4.90 Å². The number of benzene rings is 1. The molecule has 6 nitrogen and oxygen atoms in total. The highest BCUT2D eigenvalue weighted by Gasteiger charge is 2.31. The van der Waals surface area contributed by atoms with Gasteiger partial charge in [-0.3, -0.25) is 9.69 Å². The van der Waals surface area contributed by atoms with Crippen LogP contribution in [0.4, 0.5) is 11.8 Å². The zero-order valence-corrected chi connectivity index (χ0v) is 10.4. The normalized spacial score (nSPS) is 19.3. The number of carbonyl (C=O) groups is 1. The quantitative estimate of drug-likeness (QED) is 0.817. The lowest BCUT2D eigenvalue weighted by Crippen LogP contribution is -2.27. The van der Waals surface area contributed by atoms with Gasteiger partial charge in [0.15, 0.2) is 0 Å². The Hall–Kier alpha value is -2.21. The van der Waals surface area contributed by atoms with E-state index in [1.165, 1.54) is 0 Å². The smallest absolute Gasteiger partial charge is 0.234 e. The first-order chi connectivity index (χ1) is 9.19. The molecule has 6 heteroatoms. The standard InChI is InChI=1S/C13H15N5O/c14-6-8-5-11(19)18(7-8)13-16-10-4-2-1-3-9(10)12(15)17-13/h1-4,8H,5-7,14H2,(H2,15,16,17). The summed E-state index contributed by atoms with van der Waals surface area (Å²) < 4.78 is 0. The second-order valence-corrected chi connectivity index (χ2v) is 4.74. The summed E-state index contributed by atoms with van der Waals surface area (Å²) in [6.07, 6.45) is 0.451. The molecule has 98 valence electrons. The van der Waals surface area contributed by atoms with Gasteiger partial charge in [0.25, 0.3) is 0 Å². The van der Waals surface area contributed by atoms with E-state index in [1.807, 2.05) is 24.3 Å². The average Bonchev–Trinajstić information content (AvgIpc) is 2.80. The minimum Gasteiger partial charge on any atom is -0.383 e. The van der Waals surface area contributed by atoms with E-state index in [-0.39, 0.29) is 11.8 Å². The number of nitrogens with zero attached hydrogens (tertiary/aromatic N) is 3. The molecule has 1 aliphatic heterocycles. The van der Waals surface area contributed by atoms with Crippen molar-refractivity contribution in [3.8, 4) is 0 Å². The molecule has 1 aliphatic rings. The van der Waals surface area contributed by atoms with Crippen LogP contribution < -0.4 is 16.4 Å². The Morgan fingerprint density at radius 3 is 2.84 bits per heavy atom. The fourth-order valence-electron chi connectivity index (χ4n) is 2.34. The second-order valence-electron chi connectivity index (χ2n) is 4.74. The number of hydrogen-bond donors (Lipinski definition) is 2. The molecule has 0 saturated carbocycles. The van der Waals surface area contributed by atoms with Crippen LogP contribution in [0, 0.1) is 5.92 Å². The summed E-state index contributed by atoms with van der Waals surface area (Å²) in [6, 6.07) is 7.49. The molecule has 0 radical (unpaired) electrons. The van der Waals surface area contributed by atoms with Crippen molar-refractivity contribution in [2.75, 3.05) is 23.7 Å². The maximum Gasteiger partial charge on any atom is 0.234 e. The molecule has 1 fully saturated rings. The minimum atomic E-state index is 0.00475. The average molecular weight is 257 g/mol. The molecule has 0 bridgehead atoms. The Morgan fingerprint density at radius 2 is 2.11 bits per heavy atom. The van der Waals surface area contributed by atoms with Crippen molar-refractivity contribution in [1.29, 1.82) is 0 Å². The van der Waals surface area contributed by atoms with Gasteiger partial charge in [0.1, 0.15) is 5.82 Å². The van der Waals surface area contributed by atoms with Crippen LogP contribution in [-0.2, 0) is 4.79 Å². The highest BCUT2D eigenvalue weighted by Crippen LogP contribution is 2.25. The summed E-state index contributed by atoms with van der Waals surface area (Å²) in [5, 5.41) is 0.799. The van der Waals surface area contributed by atoms with Gasteiger partial charge in [0.05, 0.1) is 5.52 Å². The molecule has 4 N–H and O–H groups in total. The van der Waals surface area contributed by atoms with Crippen LogP contribution in [-0.4, -0.2) is 29.0 Å². The molecule has 1 aromatic carbocycles. The number of fused-ring (bicyclic) bond motifs is 1. The number of hydrogen-bond acceptors (Lipinski definition) is 5. The summed E-state index contributed by atoms with van der Waals surface area (Å²) in [6.45, 7) is 1.05. The maximum absolute atomic E-state index is 11.9. The number of aromatic nitrogens is 2. The monoisotopic (exact) mass is 257 g/mol. The number of carbonyl (C=O) groups excluding carboxylic acids is 1. The lowest BCUT2D eigenvalue weighted by Gasteiger charge is -2.15. The van der Waals surface area contributed by atoms with Crippen molar-refractivity contribution >= 4 is 28.6 Å². The number of anilines is 2. The van der Waals surface area contributed by atoms with Crippen LogP contribution in [0.3, 0.4) is 0 Å². The van der Waals surface area contributed by atoms with Gasteiger partial charge in [-0.15, -0.1) is 0 Å². The lowest BCUT2D eigenvalue weighted by atomic mass is 10.1. The molecule has 3 rings (SSSR count). The van der Waals surface area contributed by atoms with Crippen molar-refractivity contribution in [3.63, 3.8) is 0 Å². The molecule has 1 unspecified atom stereocenters. The van der Waals surface area contributed by atoms with Crippen molar-refractivity contribution in [2.24, 2.45) is 11.7 Å². The summed E-state index contributed by atoms with van der Waals surface area (Å²) in [4.78, 5) is 22.2. The number of amides is 1. The lowest BCUT2D eigenvalue weighted by molar-refractivity contribution is -0.117. The fourth-order valence-corrected chi connectivity index (χ4v) is 2.34. The Labute approximate surface area is 110 Å². The van der Waals surface area contributed by atoms with Crippen LogP contribution in [0.15, 0.2) is 24.3 Å². The van der Waals surface area contributed by atoms with E-state index in [0.717, 1.165) is 10.9 Å². The second kappa shape index (κ2) is 4.47. The fraction of sp³-hybridized carbons (Fsp3) is 0.308. The van der Waals surface area contributed by atoms with E-state index in [9.17, 15) is 4.79 Å². The molecule has 19 heavy (non-hydrogen) atoms. The van der Waals surface area contributed by atoms with Crippen LogP contribution in [0.1, 0.15) is 6.42 Å². The summed E-state index contributed by atoms with van der Waals surface area (Å²) >= 11 is 0. The number of rotatable bonds is 2. The van der Waals surface area contributed by atoms with Crippen molar-refractivity contribution in [3.05, 3.63) is 24.3 Å². The first-order valence-corrected chi connectivity index (χ1v) is 6.21. The third-order valence-electron chi connectivity index (χ3n) is 3.40. The molecule has 0 aliphatic carbocycles. The van der Waals surface area contributed by atoms with Gasteiger partial charge in [-0.05, 0) is 24.6 Å². The van der Waals surface area contributed by atoms with E-state index >= 15 is 0 Å². The molecule has 2 aromatic rings. The van der Waals surface area contributed by atoms with Crippen molar-refractivity contribution in [1.82, 2.24) is 9.97 Å². The van der Waals surface area contributed by atoms with Crippen molar-refractivity contribution in [2.45, 2.75) is 6.42 Å². The molecular formula is C13H15N5O.